The molecule has 0 spiro atoms. The molecule has 1 fully saturated rings. The number of amides is 1. The van der Waals surface area contributed by atoms with Crippen molar-refractivity contribution in [1.29, 1.82) is 0 Å². The molecule has 4 aromatic rings. The van der Waals surface area contributed by atoms with Gasteiger partial charge >= 0.3 is 0 Å². The third-order valence-corrected chi connectivity index (χ3v) is 8.88. The van der Waals surface area contributed by atoms with E-state index < -0.39 is 27.9 Å². The summed E-state index contributed by atoms with van der Waals surface area (Å²) >= 11 is 12.6. The number of pyridine rings is 1. The first-order valence-corrected chi connectivity index (χ1v) is 15.7. The van der Waals surface area contributed by atoms with E-state index in [-0.39, 0.29) is 30.3 Å². The lowest BCUT2D eigenvalue weighted by atomic mass is 10.1. The highest BCUT2D eigenvalue weighted by Gasteiger charge is 2.25. The molecule has 11 nitrogen and oxygen atoms in total. The summed E-state index contributed by atoms with van der Waals surface area (Å²) in [5, 5.41) is 14.2. The molecule has 5 rings (SSSR count). The summed E-state index contributed by atoms with van der Waals surface area (Å²) in [5.41, 5.74) is 1.87. The van der Waals surface area contributed by atoms with Crippen LogP contribution in [-0.4, -0.2) is 66.2 Å². The zero-order valence-electron chi connectivity index (χ0n) is 23.2. The van der Waals surface area contributed by atoms with Crippen molar-refractivity contribution in [2.24, 2.45) is 0 Å². The van der Waals surface area contributed by atoms with Crippen LogP contribution in [0.5, 0.6) is 5.75 Å². The molecule has 43 heavy (non-hydrogen) atoms. The van der Waals surface area contributed by atoms with E-state index in [2.05, 4.69) is 32.4 Å². The van der Waals surface area contributed by atoms with Crippen molar-refractivity contribution in [2.75, 3.05) is 48.0 Å². The number of fused-ring (bicyclic) bond motifs is 1. The number of nitrogens with zero attached hydrogens (tertiary/aromatic N) is 4. The zero-order chi connectivity index (χ0) is 30.9. The van der Waals surface area contributed by atoms with Gasteiger partial charge in [0.05, 0.1) is 27.5 Å². The Labute approximate surface area is 257 Å². The maximum Gasteiger partial charge on any atom is 0.247 e. The minimum Gasteiger partial charge on any atom is -0.486 e. The number of H-pyrrole nitrogens is 1. The van der Waals surface area contributed by atoms with Crippen LogP contribution < -0.4 is 20.3 Å². The van der Waals surface area contributed by atoms with E-state index in [0.717, 1.165) is 12.3 Å². The Morgan fingerprint density at radius 3 is 2.51 bits per heavy atom. The third kappa shape index (κ3) is 6.69. The van der Waals surface area contributed by atoms with E-state index in [1.807, 2.05) is 4.90 Å². The molecular weight excluding hydrogens is 620 g/mol. The smallest absolute Gasteiger partial charge is 0.247 e. The van der Waals surface area contributed by atoms with Crippen LogP contribution in [0.4, 0.5) is 27.3 Å². The average Bonchev–Trinajstić information content (AvgIpc) is 3.36. The van der Waals surface area contributed by atoms with Gasteiger partial charge in [-0.25, -0.2) is 12.8 Å². The Morgan fingerprint density at radius 1 is 1.16 bits per heavy atom. The number of halogens is 3. The topological polar surface area (TPSA) is 133 Å². The van der Waals surface area contributed by atoms with Gasteiger partial charge in [-0.3, -0.25) is 14.9 Å². The molecule has 0 bridgehead atoms. The molecule has 3 heterocycles. The number of rotatable bonds is 9. The largest absolute Gasteiger partial charge is 0.486 e. The van der Waals surface area contributed by atoms with Crippen molar-refractivity contribution in [3.05, 3.63) is 76.8 Å². The van der Waals surface area contributed by atoms with Gasteiger partial charge in [0.25, 0.3) is 0 Å². The molecule has 3 N–H and O–H groups in total. The van der Waals surface area contributed by atoms with Crippen LogP contribution in [0.1, 0.15) is 18.6 Å². The standard InChI is InChI=1S/C28H28Cl2FN7O4S/c1-4-25(39)33-24-12-17(37-7-9-38(10-8-37)43(3,40)41)11-22(31)27(24)34-28-19-13-18(5-6-23(19)35-36-28)42-16(2)26-20(29)14-32-15-21(26)30/h4-6,11-16H,1,7-10H2,2-3H3,(H,33,39)(H2,34,35,36)/t16-/m1/s1. The Balaban J connectivity index is 1.44. The van der Waals surface area contributed by atoms with E-state index in [4.69, 9.17) is 27.9 Å². The number of anilines is 4. The lowest BCUT2D eigenvalue weighted by Crippen LogP contribution is -2.48. The van der Waals surface area contributed by atoms with Gasteiger partial charge in [0.15, 0.2) is 11.6 Å². The zero-order valence-corrected chi connectivity index (χ0v) is 25.5. The molecule has 1 amide bonds. The number of piperazine rings is 1. The summed E-state index contributed by atoms with van der Waals surface area (Å²) in [5.74, 6) is -0.415. The Morgan fingerprint density at radius 2 is 1.86 bits per heavy atom. The molecule has 2 aromatic heterocycles. The number of benzene rings is 2. The number of hydrogen-bond donors (Lipinski definition) is 3. The number of carbonyl (C=O) groups is 1. The Kier molecular flexibility index (Phi) is 8.79. The summed E-state index contributed by atoms with van der Waals surface area (Å²) in [6.45, 7) is 6.52. The minimum atomic E-state index is -3.33. The van der Waals surface area contributed by atoms with Gasteiger partial charge in [-0.1, -0.05) is 29.8 Å². The van der Waals surface area contributed by atoms with Gasteiger partial charge in [0, 0.05) is 55.2 Å². The van der Waals surface area contributed by atoms with E-state index in [1.54, 1.807) is 31.2 Å². The van der Waals surface area contributed by atoms with Crippen molar-refractivity contribution in [1.82, 2.24) is 19.5 Å². The maximum absolute atomic E-state index is 15.7. The molecule has 1 aliphatic rings. The fraction of sp³-hybridized carbons (Fsp3) is 0.250. The predicted molar refractivity (Wildman–Crippen MR) is 167 cm³/mol. The normalized spacial score (nSPS) is 14.9. The molecule has 1 aliphatic heterocycles. The first kappa shape index (κ1) is 30.5. The van der Waals surface area contributed by atoms with Crippen LogP contribution in [0.2, 0.25) is 10.0 Å². The second-order valence-electron chi connectivity index (χ2n) is 9.87. The Hall–Kier alpha value is -3.91. The first-order chi connectivity index (χ1) is 20.4. The van der Waals surface area contributed by atoms with Gasteiger partial charge in [-0.2, -0.15) is 9.40 Å². The van der Waals surface area contributed by atoms with Crippen molar-refractivity contribution >= 4 is 72.9 Å². The molecule has 226 valence electrons. The third-order valence-electron chi connectivity index (χ3n) is 6.98. The second kappa shape index (κ2) is 12.4. The van der Waals surface area contributed by atoms with Crippen molar-refractivity contribution in [3.8, 4) is 5.75 Å². The number of carbonyl (C=O) groups excluding carboxylic acids is 1. The van der Waals surface area contributed by atoms with Gasteiger partial charge in [-0.05, 0) is 43.3 Å². The monoisotopic (exact) mass is 647 g/mol. The molecular formula is C28H28Cl2FN7O4S. The molecule has 2 aromatic carbocycles. The van der Waals surface area contributed by atoms with Crippen LogP contribution in [0.25, 0.3) is 10.9 Å². The maximum atomic E-state index is 15.7. The SMILES string of the molecule is C=CC(=O)Nc1cc(N2CCN(S(C)(=O)=O)CC2)cc(F)c1Nc1n[nH]c2ccc(O[C@H](C)c3c(Cl)cncc3Cl)cc12. The minimum absolute atomic E-state index is 0.0165. The van der Waals surface area contributed by atoms with Crippen molar-refractivity contribution < 1.29 is 22.3 Å². The number of sulfonamides is 1. The number of nitrogens with one attached hydrogen (secondary N) is 3. The first-order valence-electron chi connectivity index (χ1n) is 13.1. The number of aromatic nitrogens is 3. The highest BCUT2D eigenvalue weighted by atomic mass is 35.5. The summed E-state index contributed by atoms with van der Waals surface area (Å²) in [6, 6.07) is 8.20. The highest BCUT2D eigenvalue weighted by Crippen LogP contribution is 2.37. The molecule has 1 saturated heterocycles. The molecule has 0 radical (unpaired) electrons. The quantitative estimate of drug-likeness (QED) is 0.203. The molecule has 0 unspecified atom stereocenters. The molecule has 15 heteroatoms. The van der Waals surface area contributed by atoms with Gasteiger partial charge in [-0.15, -0.1) is 0 Å². The summed E-state index contributed by atoms with van der Waals surface area (Å²) in [7, 11) is -3.33. The van der Waals surface area contributed by atoms with E-state index in [1.165, 1.54) is 22.8 Å². The second-order valence-corrected chi connectivity index (χ2v) is 12.7. The lowest BCUT2D eigenvalue weighted by molar-refractivity contribution is -0.111. The van der Waals surface area contributed by atoms with Crippen LogP contribution in [0.3, 0.4) is 0 Å². The lowest BCUT2D eigenvalue weighted by Gasteiger charge is -2.35. The van der Waals surface area contributed by atoms with Crippen LogP contribution in [0.15, 0.2) is 55.4 Å². The molecule has 0 aliphatic carbocycles. The number of hydrogen-bond acceptors (Lipinski definition) is 8. The molecule has 0 saturated carbocycles. The van der Waals surface area contributed by atoms with Crippen LogP contribution in [0, 0.1) is 5.82 Å². The average molecular weight is 649 g/mol. The number of aromatic amines is 1. The summed E-state index contributed by atoms with van der Waals surface area (Å²) in [4.78, 5) is 18.1. The van der Waals surface area contributed by atoms with E-state index in [0.29, 0.717) is 51.0 Å². The highest BCUT2D eigenvalue weighted by molar-refractivity contribution is 7.88. The van der Waals surface area contributed by atoms with Crippen LogP contribution in [-0.2, 0) is 14.8 Å². The summed E-state index contributed by atoms with van der Waals surface area (Å²) < 4.78 is 47.0. The number of ether oxygens (including phenoxy) is 1. The van der Waals surface area contributed by atoms with Gasteiger partial charge < -0.3 is 20.3 Å². The Bertz CT molecular complexity index is 1790. The van der Waals surface area contributed by atoms with Gasteiger partial charge in [0.1, 0.15) is 17.5 Å². The van der Waals surface area contributed by atoms with Crippen molar-refractivity contribution in [2.45, 2.75) is 13.0 Å². The fourth-order valence-corrected chi connectivity index (χ4v) is 6.31. The van der Waals surface area contributed by atoms with E-state index >= 15 is 4.39 Å². The molecule has 1 atom stereocenters. The fourth-order valence-electron chi connectivity index (χ4n) is 4.82. The van der Waals surface area contributed by atoms with Gasteiger partial charge in [0.2, 0.25) is 15.9 Å². The van der Waals surface area contributed by atoms with Crippen LogP contribution >= 0.6 is 23.2 Å². The van der Waals surface area contributed by atoms with Crippen molar-refractivity contribution in [3.63, 3.8) is 0 Å². The summed E-state index contributed by atoms with van der Waals surface area (Å²) in [6.07, 6.45) is 4.71. The van der Waals surface area contributed by atoms with E-state index in [9.17, 15) is 13.2 Å². The predicted octanol–water partition coefficient (Wildman–Crippen LogP) is 5.49.